The Labute approximate surface area is 219 Å². The highest BCUT2D eigenvalue weighted by molar-refractivity contribution is 6.31. The molecule has 0 spiro atoms. The van der Waals surface area contributed by atoms with Crippen LogP contribution in [0.1, 0.15) is 22.9 Å². The van der Waals surface area contributed by atoms with Gasteiger partial charge in [-0.05, 0) is 72.1 Å². The number of benzene rings is 3. The first-order chi connectivity index (χ1) is 18.0. The molecule has 5 rings (SSSR count). The van der Waals surface area contributed by atoms with E-state index in [4.69, 9.17) is 26.8 Å². The number of amides is 1. The number of carbonyl (C=O) groups is 1. The summed E-state index contributed by atoms with van der Waals surface area (Å²) in [4.78, 5) is 18.6. The Balaban J connectivity index is 1.48. The molecule has 1 unspecified atom stereocenters. The number of aliphatic hydroxyl groups is 2. The van der Waals surface area contributed by atoms with Gasteiger partial charge in [0.25, 0.3) is 0 Å². The van der Waals surface area contributed by atoms with Crippen molar-refractivity contribution in [1.82, 2.24) is 9.88 Å². The number of hydrogen-bond acceptors (Lipinski definition) is 6. The van der Waals surface area contributed by atoms with Crippen LogP contribution in [0.15, 0.2) is 66.7 Å². The molecule has 0 aliphatic carbocycles. The van der Waals surface area contributed by atoms with Gasteiger partial charge in [0.1, 0.15) is 17.5 Å². The highest BCUT2D eigenvalue weighted by Crippen LogP contribution is 2.40. The van der Waals surface area contributed by atoms with Gasteiger partial charge in [-0.3, -0.25) is 4.90 Å². The van der Waals surface area contributed by atoms with Crippen molar-refractivity contribution in [3.63, 3.8) is 0 Å². The van der Waals surface area contributed by atoms with Crippen molar-refractivity contribution < 1.29 is 24.5 Å². The molecule has 1 atom stereocenters. The number of hydrogen-bond donors (Lipinski definition) is 4. The number of nitrogen functional groups attached to an aromatic ring is 1. The molecule has 192 valence electrons. The van der Waals surface area contributed by atoms with Gasteiger partial charge < -0.3 is 30.4 Å². The molecular weight excluding hydrogens is 494 g/mol. The quantitative estimate of drug-likeness (QED) is 0.265. The molecule has 1 aliphatic heterocycles. The third-order valence-corrected chi connectivity index (χ3v) is 6.84. The van der Waals surface area contributed by atoms with Crippen LogP contribution in [0.2, 0.25) is 5.02 Å². The molecule has 0 saturated carbocycles. The molecule has 0 bridgehead atoms. The molecule has 8 nitrogen and oxygen atoms in total. The summed E-state index contributed by atoms with van der Waals surface area (Å²) in [7, 11) is 0. The molecule has 0 saturated heterocycles. The van der Waals surface area contributed by atoms with Crippen LogP contribution in [-0.2, 0) is 6.42 Å². The fourth-order valence-electron chi connectivity index (χ4n) is 4.62. The minimum Gasteiger partial charge on any atom is -0.493 e. The van der Waals surface area contributed by atoms with Crippen molar-refractivity contribution in [3.8, 4) is 11.5 Å². The number of anilines is 1. The first kappa shape index (κ1) is 25.0. The number of fused-ring (bicyclic) bond motifs is 3. The zero-order valence-corrected chi connectivity index (χ0v) is 20.8. The number of nitrogens with zero attached hydrogens (tertiary/aromatic N) is 1. The van der Waals surface area contributed by atoms with Crippen LogP contribution in [0.25, 0.3) is 10.9 Å². The summed E-state index contributed by atoms with van der Waals surface area (Å²) in [5, 5.41) is 20.3. The van der Waals surface area contributed by atoms with Gasteiger partial charge in [0.05, 0.1) is 19.8 Å². The smallest absolute Gasteiger partial charge is 0.416 e. The van der Waals surface area contributed by atoms with Gasteiger partial charge in [-0.15, -0.1) is 0 Å². The number of aliphatic hydroxyl groups excluding tert-OH is 2. The van der Waals surface area contributed by atoms with Gasteiger partial charge in [-0.25, -0.2) is 4.79 Å². The summed E-state index contributed by atoms with van der Waals surface area (Å²) in [5.74, 6) is 0.668. The average Bonchev–Trinajstić information content (AvgIpc) is 3.28. The Kier molecular flexibility index (Phi) is 7.23. The van der Waals surface area contributed by atoms with Crippen molar-refractivity contribution in [2.75, 3.05) is 32.1 Å². The standard InChI is InChI=1S/C28H28ClN3O5/c29-19-3-10-25-24(13-19)23-11-12-32(28(35)37-22-8-4-20(30)5-9-22)27(26(23)31-25)18-1-6-21(7-2-18)36-16-17(14-33)15-34/h1-10,13,17,27,31,33-34H,11-12,14-16,30H2. The van der Waals surface area contributed by atoms with Gasteiger partial charge in [0, 0.05) is 39.8 Å². The molecule has 1 aromatic heterocycles. The van der Waals surface area contributed by atoms with Crippen molar-refractivity contribution in [2.45, 2.75) is 12.5 Å². The normalized spacial score (nSPS) is 15.1. The monoisotopic (exact) mass is 521 g/mol. The van der Waals surface area contributed by atoms with Crippen LogP contribution in [-0.4, -0.2) is 52.6 Å². The van der Waals surface area contributed by atoms with Gasteiger partial charge in [-0.2, -0.15) is 0 Å². The maximum atomic E-state index is 13.4. The third-order valence-electron chi connectivity index (χ3n) is 6.61. The predicted octanol–water partition coefficient (Wildman–Crippen LogP) is 4.53. The Morgan fingerprint density at radius 3 is 2.46 bits per heavy atom. The minimum atomic E-state index is -0.467. The molecule has 4 aromatic rings. The molecule has 2 heterocycles. The van der Waals surface area contributed by atoms with E-state index in [1.54, 1.807) is 29.2 Å². The van der Waals surface area contributed by atoms with Crippen molar-refractivity contribution in [1.29, 1.82) is 0 Å². The summed E-state index contributed by atoms with van der Waals surface area (Å²) in [6.07, 6.45) is 0.180. The number of carbonyl (C=O) groups excluding carboxylic acids is 1. The van der Waals surface area contributed by atoms with Crippen LogP contribution in [0.3, 0.4) is 0 Å². The molecule has 0 radical (unpaired) electrons. The van der Waals surface area contributed by atoms with Crippen LogP contribution in [0.5, 0.6) is 11.5 Å². The van der Waals surface area contributed by atoms with E-state index in [0.717, 1.165) is 27.7 Å². The van der Waals surface area contributed by atoms with Gasteiger partial charge >= 0.3 is 6.09 Å². The Morgan fingerprint density at radius 2 is 1.76 bits per heavy atom. The number of aromatic nitrogens is 1. The zero-order chi connectivity index (χ0) is 25.9. The summed E-state index contributed by atoms with van der Waals surface area (Å²) in [6, 6.07) is 19.5. The largest absolute Gasteiger partial charge is 0.493 e. The number of ether oxygens (including phenoxy) is 2. The van der Waals surface area contributed by atoms with Crippen LogP contribution < -0.4 is 15.2 Å². The third kappa shape index (κ3) is 5.22. The van der Waals surface area contributed by atoms with E-state index in [1.807, 2.05) is 42.5 Å². The van der Waals surface area contributed by atoms with Crippen LogP contribution in [0.4, 0.5) is 10.5 Å². The second-order valence-electron chi connectivity index (χ2n) is 9.10. The molecule has 9 heteroatoms. The zero-order valence-electron chi connectivity index (χ0n) is 20.1. The Hall–Kier alpha value is -3.72. The molecule has 1 aliphatic rings. The highest BCUT2D eigenvalue weighted by atomic mass is 35.5. The van der Waals surface area contributed by atoms with Crippen molar-refractivity contribution >= 4 is 34.3 Å². The maximum absolute atomic E-state index is 13.4. The molecular formula is C28H28ClN3O5. The van der Waals surface area contributed by atoms with Gasteiger partial charge in [0.15, 0.2) is 0 Å². The Morgan fingerprint density at radius 1 is 1.05 bits per heavy atom. The van der Waals surface area contributed by atoms with E-state index in [1.165, 1.54) is 0 Å². The van der Waals surface area contributed by atoms with E-state index in [-0.39, 0.29) is 25.7 Å². The fourth-order valence-corrected chi connectivity index (χ4v) is 4.79. The first-order valence-electron chi connectivity index (χ1n) is 12.0. The van der Waals surface area contributed by atoms with Crippen molar-refractivity contribution in [3.05, 3.63) is 88.6 Å². The number of nitrogens with two attached hydrogens (primary N) is 1. The van der Waals surface area contributed by atoms with Crippen LogP contribution in [0, 0.1) is 5.92 Å². The number of halogens is 1. The number of rotatable bonds is 7. The van der Waals surface area contributed by atoms with Gasteiger partial charge in [0.2, 0.25) is 0 Å². The second kappa shape index (κ2) is 10.7. The fraction of sp³-hybridized carbons (Fsp3) is 0.250. The minimum absolute atomic E-state index is 0.158. The lowest BCUT2D eigenvalue weighted by molar-refractivity contribution is 0.106. The first-order valence-corrected chi connectivity index (χ1v) is 12.4. The van der Waals surface area contributed by atoms with E-state index in [0.29, 0.717) is 35.2 Å². The van der Waals surface area contributed by atoms with Crippen LogP contribution >= 0.6 is 11.6 Å². The highest BCUT2D eigenvalue weighted by Gasteiger charge is 2.35. The van der Waals surface area contributed by atoms with E-state index in [2.05, 4.69) is 4.98 Å². The summed E-state index contributed by atoms with van der Waals surface area (Å²) >= 11 is 6.29. The van der Waals surface area contributed by atoms with E-state index in [9.17, 15) is 15.0 Å². The lowest BCUT2D eigenvalue weighted by atomic mass is 9.92. The molecule has 5 N–H and O–H groups in total. The van der Waals surface area contributed by atoms with Crippen molar-refractivity contribution in [2.24, 2.45) is 5.92 Å². The lowest BCUT2D eigenvalue weighted by Crippen LogP contribution is -2.42. The Bertz CT molecular complexity index is 1380. The second-order valence-corrected chi connectivity index (χ2v) is 9.54. The summed E-state index contributed by atoms with van der Waals surface area (Å²) < 4.78 is 11.4. The maximum Gasteiger partial charge on any atom is 0.416 e. The molecule has 37 heavy (non-hydrogen) atoms. The number of nitrogens with one attached hydrogen (secondary N) is 1. The lowest BCUT2D eigenvalue weighted by Gasteiger charge is -2.35. The number of H-pyrrole nitrogens is 1. The van der Waals surface area contributed by atoms with E-state index < -0.39 is 12.1 Å². The topological polar surface area (TPSA) is 121 Å². The molecule has 0 fully saturated rings. The predicted molar refractivity (Wildman–Crippen MR) is 142 cm³/mol. The average molecular weight is 522 g/mol. The van der Waals surface area contributed by atoms with Gasteiger partial charge in [-0.1, -0.05) is 23.7 Å². The molecule has 1 amide bonds. The summed E-state index contributed by atoms with van der Waals surface area (Å²) in [6.45, 7) is 0.338. The molecule has 3 aromatic carbocycles. The summed E-state index contributed by atoms with van der Waals surface area (Å²) in [5.41, 5.74) is 10.2. The number of aromatic amines is 1. The SMILES string of the molecule is Nc1ccc(OC(=O)N2CCc3c([nH]c4ccc(Cl)cc34)C2c2ccc(OCC(CO)CO)cc2)cc1. The van der Waals surface area contributed by atoms with E-state index >= 15 is 0 Å².